The van der Waals surface area contributed by atoms with Gasteiger partial charge in [-0.2, -0.15) is 0 Å². The zero-order valence-corrected chi connectivity index (χ0v) is 16.3. The van der Waals surface area contributed by atoms with E-state index in [1.54, 1.807) is 7.05 Å². The van der Waals surface area contributed by atoms with E-state index in [0.717, 1.165) is 25.6 Å². The van der Waals surface area contributed by atoms with Crippen LogP contribution in [0.4, 0.5) is 0 Å². The van der Waals surface area contributed by atoms with Gasteiger partial charge in [0, 0.05) is 39.1 Å². The number of ether oxygens (including phenoxy) is 1. The van der Waals surface area contributed by atoms with Gasteiger partial charge >= 0.3 is 0 Å². The Morgan fingerprint density at radius 3 is 2.36 bits per heavy atom. The third-order valence-electron chi connectivity index (χ3n) is 4.38. The molecule has 0 bridgehead atoms. The van der Waals surface area contributed by atoms with Crippen LogP contribution in [0.3, 0.4) is 0 Å². The van der Waals surface area contributed by atoms with Crippen LogP contribution < -0.4 is 10.6 Å². The number of guanidine groups is 1. The highest BCUT2D eigenvalue weighted by Gasteiger charge is 2.01. The van der Waals surface area contributed by atoms with Crippen molar-refractivity contribution in [2.24, 2.45) is 4.99 Å². The Hall–Kier alpha value is -3.05. The van der Waals surface area contributed by atoms with Gasteiger partial charge in [-0.1, -0.05) is 54.6 Å². The van der Waals surface area contributed by atoms with Crippen LogP contribution in [-0.2, 0) is 31.0 Å². The largest absolute Gasteiger partial charge is 0.372 e. The van der Waals surface area contributed by atoms with Crippen LogP contribution in [0.2, 0.25) is 0 Å². The molecule has 3 aromatic rings. The van der Waals surface area contributed by atoms with Crippen molar-refractivity contribution in [2.75, 3.05) is 13.6 Å². The Kier molecular flexibility index (Phi) is 7.70. The number of aromatic nitrogens is 1. The van der Waals surface area contributed by atoms with Crippen molar-refractivity contribution >= 4 is 5.96 Å². The average molecular weight is 377 g/mol. The molecule has 0 radical (unpaired) electrons. The van der Waals surface area contributed by atoms with Crippen molar-refractivity contribution in [1.82, 2.24) is 15.2 Å². The molecule has 0 fully saturated rings. The highest BCUT2D eigenvalue weighted by atomic mass is 16.5. The molecular weight excluding hydrogens is 348 g/mol. The molecule has 0 amide bonds. The molecule has 146 valence electrons. The van der Waals surface area contributed by atoms with Gasteiger partial charge in [-0.25, -0.2) is 0 Å². The normalized spacial score (nSPS) is 11.4. The number of rotatable bonds is 9. The first-order valence-corrected chi connectivity index (χ1v) is 9.58. The first kappa shape index (κ1) is 19.7. The van der Waals surface area contributed by atoms with Crippen molar-refractivity contribution in [3.8, 4) is 0 Å². The number of benzene rings is 2. The SMILES string of the molecule is CN=C(NCCn1cccc1)NCc1cccc(COCc2ccccc2)c1. The Morgan fingerprint density at radius 1 is 0.857 bits per heavy atom. The van der Waals surface area contributed by atoms with Gasteiger partial charge in [0.1, 0.15) is 0 Å². The number of hydrogen-bond donors (Lipinski definition) is 2. The minimum atomic E-state index is 0.604. The summed E-state index contributed by atoms with van der Waals surface area (Å²) in [5.74, 6) is 0.804. The van der Waals surface area contributed by atoms with Crippen LogP contribution in [-0.4, -0.2) is 24.1 Å². The van der Waals surface area contributed by atoms with Gasteiger partial charge in [0.15, 0.2) is 5.96 Å². The lowest BCUT2D eigenvalue weighted by molar-refractivity contribution is 0.107. The first-order chi connectivity index (χ1) is 13.8. The van der Waals surface area contributed by atoms with Gasteiger partial charge in [-0.15, -0.1) is 0 Å². The lowest BCUT2D eigenvalue weighted by Crippen LogP contribution is -2.38. The number of aliphatic imine (C=N–C) groups is 1. The molecule has 1 heterocycles. The highest BCUT2D eigenvalue weighted by molar-refractivity contribution is 5.79. The quantitative estimate of drug-likeness (QED) is 0.443. The van der Waals surface area contributed by atoms with Gasteiger partial charge in [0.05, 0.1) is 13.2 Å². The third kappa shape index (κ3) is 6.59. The lowest BCUT2D eigenvalue weighted by Gasteiger charge is -2.13. The maximum atomic E-state index is 5.84. The predicted molar refractivity (Wildman–Crippen MR) is 114 cm³/mol. The van der Waals surface area contributed by atoms with Crippen molar-refractivity contribution in [1.29, 1.82) is 0 Å². The molecule has 0 unspecified atom stereocenters. The van der Waals surface area contributed by atoms with Crippen molar-refractivity contribution in [2.45, 2.75) is 26.3 Å². The van der Waals surface area contributed by atoms with Crippen LogP contribution in [0.1, 0.15) is 16.7 Å². The first-order valence-electron chi connectivity index (χ1n) is 9.58. The monoisotopic (exact) mass is 376 g/mol. The van der Waals surface area contributed by atoms with E-state index in [4.69, 9.17) is 4.74 Å². The summed E-state index contributed by atoms with van der Waals surface area (Å²) in [6, 6.07) is 22.8. The topological polar surface area (TPSA) is 50.6 Å². The standard InChI is InChI=1S/C23H28N4O/c1-24-23(25-12-15-27-13-5-6-14-27)26-17-21-10-7-11-22(16-21)19-28-18-20-8-3-2-4-9-20/h2-11,13-14,16H,12,15,17-19H2,1H3,(H2,24,25,26). The van der Waals surface area contributed by atoms with Crippen molar-refractivity contribution in [3.05, 3.63) is 95.8 Å². The number of hydrogen-bond acceptors (Lipinski definition) is 2. The fraction of sp³-hybridized carbons (Fsp3) is 0.261. The van der Waals surface area contributed by atoms with E-state index in [-0.39, 0.29) is 0 Å². The van der Waals surface area contributed by atoms with Gasteiger partial charge in [0.2, 0.25) is 0 Å². The zero-order valence-electron chi connectivity index (χ0n) is 16.3. The van der Waals surface area contributed by atoms with E-state index >= 15 is 0 Å². The van der Waals surface area contributed by atoms with E-state index in [0.29, 0.717) is 13.2 Å². The van der Waals surface area contributed by atoms with Crippen LogP contribution in [0.15, 0.2) is 84.1 Å². The highest BCUT2D eigenvalue weighted by Crippen LogP contribution is 2.09. The van der Waals surface area contributed by atoms with Gasteiger partial charge < -0.3 is 19.9 Å². The predicted octanol–water partition coefficient (Wildman–Crippen LogP) is 3.57. The van der Waals surface area contributed by atoms with E-state index in [2.05, 4.69) is 69.0 Å². The molecule has 5 heteroatoms. The molecule has 0 spiro atoms. The van der Waals surface area contributed by atoms with E-state index in [1.165, 1.54) is 16.7 Å². The second-order valence-electron chi connectivity index (χ2n) is 6.57. The smallest absolute Gasteiger partial charge is 0.191 e. The van der Waals surface area contributed by atoms with E-state index in [9.17, 15) is 0 Å². The molecule has 1 aromatic heterocycles. The Balaban J connectivity index is 1.41. The summed E-state index contributed by atoms with van der Waals surface area (Å²) in [6.45, 7) is 3.67. The molecular formula is C23H28N4O. The lowest BCUT2D eigenvalue weighted by atomic mass is 10.1. The van der Waals surface area contributed by atoms with Crippen molar-refractivity contribution in [3.63, 3.8) is 0 Å². The molecule has 0 aliphatic heterocycles. The molecule has 0 saturated carbocycles. The molecule has 2 aromatic carbocycles. The molecule has 5 nitrogen and oxygen atoms in total. The minimum Gasteiger partial charge on any atom is -0.372 e. The van der Waals surface area contributed by atoms with Gasteiger partial charge in [-0.05, 0) is 28.8 Å². The Morgan fingerprint density at radius 2 is 1.57 bits per heavy atom. The fourth-order valence-electron chi connectivity index (χ4n) is 2.92. The number of nitrogens with zero attached hydrogens (tertiary/aromatic N) is 2. The van der Waals surface area contributed by atoms with E-state index in [1.807, 2.05) is 30.3 Å². The van der Waals surface area contributed by atoms with Crippen molar-refractivity contribution < 1.29 is 4.74 Å². The molecule has 0 saturated heterocycles. The third-order valence-corrected chi connectivity index (χ3v) is 4.38. The minimum absolute atomic E-state index is 0.604. The molecule has 3 rings (SSSR count). The average Bonchev–Trinajstić information content (AvgIpc) is 3.25. The summed E-state index contributed by atoms with van der Waals surface area (Å²) in [7, 11) is 1.79. The Bertz CT molecular complexity index is 844. The summed E-state index contributed by atoms with van der Waals surface area (Å²) in [6.07, 6.45) is 4.12. The zero-order chi connectivity index (χ0) is 19.4. The maximum Gasteiger partial charge on any atom is 0.191 e. The van der Waals surface area contributed by atoms with Gasteiger partial charge in [-0.3, -0.25) is 4.99 Å². The maximum absolute atomic E-state index is 5.84. The molecule has 0 atom stereocenters. The summed E-state index contributed by atoms with van der Waals surface area (Å²) >= 11 is 0. The molecule has 0 aliphatic carbocycles. The van der Waals surface area contributed by atoms with E-state index < -0.39 is 0 Å². The van der Waals surface area contributed by atoms with Crippen LogP contribution >= 0.6 is 0 Å². The molecule has 2 N–H and O–H groups in total. The summed E-state index contributed by atoms with van der Waals surface area (Å²) in [5, 5.41) is 6.70. The second-order valence-corrected chi connectivity index (χ2v) is 6.57. The summed E-state index contributed by atoms with van der Waals surface area (Å²) in [4.78, 5) is 4.29. The molecule has 0 aliphatic rings. The summed E-state index contributed by atoms with van der Waals surface area (Å²) in [5.41, 5.74) is 3.56. The van der Waals surface area contributed by atoms with Crippen LogP contribution in [0.25, 0.3) is 0 Å². The fourth-order valence-corrected chi connectivity index (χ4v) is 2.92. The Labute approximate surface area is 167 Å². The van der Waals surface area contributed by atoms with Crippen LogP contribution in [0.5, 0.6) is 0 Å². The second kappa shape index (κ2) is 10.9. The molecule has 28 heavy (non-hydrogen) atoms. The van der Waals surface area contributed by atoms with Crippen LogP contribution in [0, 0.1) is 0 Å². The van der Waals surface area contributed by atoms with Gasteiger partial charge in [0.25, 0.3) is 0 Å². The number of nitrogens with one attached hydrogen (secondary N) is 2. The summed E-state index contributed by atoms with van der Waals surface area (Å²) < 4.78 is 7.98.